The van der Waals surface area contributed by atoms with Gasteiger partial charge in [0, 0.05) is 16.1 Å². The Morgan fingerprint density at radius 2 is 1.57 bits per heavy atom. The van der Waals surface area contributed by atoms with Gasteiger partial charge in [0.2, 0.25) is 0 Å². The molecule has 0 aliphatic rings. The van der Waals surface area contributed by atoms with Crippen molar-refractivity contribution in [3.05, 3.63) is 99.5 Å². The summed E-state index contributed by atoms with van der Waals surface area (Å²) in [4.78, 5) is 29.9. The zero-order valence-electron chi connectivity index (χ0n) is 14.6. The van der Waals surface area contributed by atoms with Crippen LogP contribution in [-0.4, -0.2) is 16.7 Å². The van der Waals surface area contributed by atoms with Crippen molar-refractivity contribution >= 4 is 44.9 Å². The quantitative estimate of drug-likeness (QED) is 0.322. The van der Waals surface area contributed by atoms with Gasteiger partial charge in [0.25, 0.3) is 0 Å². The van der Waals surface area contributed by atoms with Crippen LogP contribution in [0.4, 0.5) is 0 Å². The average Bonchev–Trinajstić information content (AvgIpc) is 3.15. The number of thiazole rings is 1. The summed E-state index contributed by atoms with van der Waals surface area (Å²) in [5, 5.41) is 1.25. The molecule has 4 aromatic rings. The summed E-state index contributed by atoms with van der Waals surface area (Å²) < 4.78 is 6.46. The molecular formula is C22H14ClNO3S. The van der Waals surface area contributed by atoms with Crippen LogP contribution in [0.1, 0.15) is 31.3 Å². The highest BCUT2D eigenvalue weighted by atomic mass is 35.5. The molecule has 6 heteroatoms. The van der Waals surface area contributed by atoms with E-state index in [1.54, 1.807) is 48.5 Å². The lowest BCUT2D eigenvalue weighted by atomic mass is 9.98. The Kier molecular flexibility index (Phi) is 5.19. The first-order chi connectivity index (χ1) is 13.6. The van der Waals surface area contributed by atoms with Crippen molar-refractivity contribution in [2.24, 2.45) is 0 Å². The van der Waals surface area contributed by atoms with E-state index in [0.717, 1.165) is 10.2 Å². The smallest absolute Gasteiger partial charge is 0.339 e. The second-order valence-electron chi connectivity index (χ2n) is 6.03. The van der Waals surface area contributed by atoms with Crippen LogP contribution in [0.25, 0.3) is 10.2 Å². The highest BCUT2D eigenvalue weighted by Crippen LogP contribution is 2.23. The van der Waals surface area contributed by atoms with E-state index in [2.05, 4.69) is 4.98 Å². The Bertz CT molecular complexity index is 1130. The average molecular weight is 408 g/mol. The number of esters is 1. The Balaban J connectivity index is 1.54. The van der Waals surface area contributed by atoms with Crippen LogP contribution in [0, 0.1) is 0 Å². The van der Waals surface area contributed by atoms with E-state index in [-0.39, 0.29) is 18.0 Å². The van der Waals surface area contributed by atoms with Crippen molar-refractivity contribution in [2.75, 3.05) is 0 Å². The van der Waals surface area contributed by atoms with Gasteiger partial charge >= 0.3 is 5.97 Å². The van der Waals surface area contributed by atoms with Gasteiger partial charge in [-0.25, -0.2) is 9.78 Å². The van der Waals surface area contributed by atoms with Gasteiger partial charge in [0.05, 0.1) is 15.8 Å². The number of halogens is 1. The number of nitrogens with zero attached hydrogens (tertiary/aromatic N) is 1. The van der Waals surface area contributed by atoms with Crippen molar-refractivity contribution in [3.8, 4) is 0 Å². The fourth-order valence-electron chi connectivity index (χ4n) is 2.80. The Hall–Kier alpha value is -3.02. The monoisotopic (exact) mass is 407 g/mol. The minimum absolute atomic E-state index is 0.0572. The molecule has 0 fully saturated rings. The van der Waals surface area contributed by atoms with Gasteiger partial charge in [-0.15, -0.1) is 11.3 Å². The summed E-state index contributed by atoms with van der Waals surface area (Å²) >= 11 is 7.36. The number of carbonyl (C=O) groups excluding carboxylic acids is 2. The SMILES string of the molecule is O=C(OCc1nc2ccccc2s1)c1ccccc1C(=O)c1ccc(Cl)cc1. The molecule has 0 amide bonds. The number of hydrogen-bond donors (Lipinski definition) is 0. The van der Waals surface area contributed by atoms with Crippen molar-refractivity contribution in [3.63, 3.8) is 0 Å². The van der Waals surface area contributed by atoms with Crippen LogP contribution < -0.4 is 0 Å². The maximum atomic E-state index is 12.8. The van der Waals surface area contributed by atoms with Crippen molar-refractivity contribution in [1.82, 2.24) is 4.98 Å². The highest BCUT2D eigenvalue weighted by Gasteiger charge is 2.19. The molecule has 1 heterocycles. The summed E-state index contributed by atoms with van der Waals surface area (Å²) in [5.74, 6) is -0.818. The zero-order chi connectivity index (χ0) is 19.5. The van der Waals surface area contributed by atoms with E-state index in [1.807, 2.05) is 24.3 Å². The second kappa shape index (κ2) is 7.92. The normalized spacial score (nSPS) is 10.8. The molecule has 0 saturated carbocycles. The van der Waals surface area contributed by atoms with Gasteiger partial charge in [-0.3, -0.25) is 4.79 Å². The van der Waals surface area contributed by atoms with Gasteiger partial charge < -0.3 is 4.74 Å². The summed E-state index contributed by atoms with van der Waals surface area (Å²) in [5.41, 5.74) is 1.84. The van der Waals surface area contributed by atoms with Crippen molar-refractivity contribution < 1.29 is 14.3 Å². The predicted molar refractivity (Wildman–Crippen MR) is 110 cm³/mol. The van der Waals surface area contributed by atoms with E-state index in [1.165, 1.54) is 11.3 Å². The third kappa shape index (κ3) is 3.81. The van der Waals surface area contributed by atoms with E-state index < -0.39 is 5.97 Å². The first-order valence-electron chi connectivity index (χ1n) is 8.53. The number of ether oxygens (including phenoxy) is 1. The lowest BCUT2D eigenvalue weighted by molar-refractivity contribution is 0.0470. The predicted octanol–water partition coefficient (Wildman–Crippen LogP) is 5.54. The largest absolute Gasteiger partial charge is 0.455 e. The Labute approximate surface area is 170 Å². The van der Waals surface area contributed by atoms with Crippen LogP contribution in [0.15, 0.2) is 72.8 Å². The van der Waals surface area contributed by atoms with E-state index in [4.69, 9.17) is 16.3 Å². The lowest BCUT2D eigenvalue weighted by Gasteiger charge is -2.08. The number of aromatic nitrogens is 1. The number of carbonyl (C=O) groups is 2. The Morgan fingerprint density at radius 3 is 2.32 bits per heavy atom. The van der Waals surface area contributed by atoms with Crippen molar-refractivity contribution in [1.29, 1.82) is 0 Å². The minimum Gasteiger partial charge on any atom is -0.455 e. The molecule has 0 saturated heterocycles. The first kappa shape index (κ1) is 18.3. The van der Waals surface area contributed by atoms with Crippen LogP contribution in [0.2, 0.25) is 5.02 Å². The number of hydrogen-bond acceptors (Lipinski definition) is 5. The topological polar surface area (TPSA) is 56.3 Å². The van der Waals surface area contributed by atoms with Crippen molar-refractivity contribution in [2.45, 2.75) is 6.61 Å². The number of rotatable bonds is 5. The molecule has 28 heavy (non-hydrogen) atoms. The molecule has 0 aliphatic carbocycles. The van der Waals surface area contributed by atoms with Crippen LogP contribution in [0.3, 0.4) is 0 Å². The Morgan fingerprint density at radius 1 is 0.893 bits per heavy atom. The molecule has 4 rings (SSSR count). The molecule has 0 unspecified atom stereocenters. The van der Waals surface area contributed by atoms with Crippen LogP contribution in [-0.2, 0) is 11.3 Å². The molecule has 1 aromatic heterocycles. The highest BCUT2D eigenvalue weighted by molar-refractivity contribution is 7.18. The fourth-order valence-corrected chi connectivity index (χ4v) is 3.81. The van der Waals surface area contributed by atoms with Gasteiger partial charge in [-0.2, -0.15) is 0 Å². The summed E-state index contributed by atoms with van der Waals surface area (Å²) in [6.07, 6.45) is 0. The van der Waals surface area contributed by atoms with E-state index >= 15 is 0 Å². The van der Waals surface area contributed by atoms with Crippen LogP contribution in [0.5, 0.6) is 0 Å². The third-order valence-corrected chi connectivity index (χ3v) is 5.42. The molecule has 0 N–H and O–H groups in total. The second-order valence-corrected chi connectivity index (χ2v) is 7.58. The van der Waals surface area contributed by atoms with Gasteiger partial charge in [0.15, 0.2) is 5.78 Å². The van der Waals surface area contributed by atoms with Gasteiger partial charge in [0.1, 0.15) is 11.6 Å². The zero-order valence-corrected chi connectivity index (χ0v) is 16.2. The number of benzene rings is 3. The van der Waals surface area contributed by atoms with E-state index in [0.29, 0.717) is 21.2 Å². The summed E-state index contributed by atoms with van der Waals surface area (Å²) in [6.45, 7) is 0.0572. The number of ketones is 1. The maximum Gasteiger partial charge on any atom is 0.339 e. The standard InChI is InChI=1S/C22H14ClNO3S/c23-15-11-9-14(10-12-15)21(25)16-5-1-2-6-17(16)22(26)27-13-20-24-18-7-3-4-8-19(18)28-20/h1-12H,13H2. The van der Waals surface area contributed by atoms with Gasteiger partial charge in [-0.1, -0.05) is 41.9 Å². The molecule has 0 radical (unpaired) electrons. The summed E-state index contributed by atoms with van der Waals surface area (Å²) in [6, 6.07) is 20.9. The lowest BCUT2D eigenvalue weighted by Crippen LogP contribution is -2.12. The molecule has 0 spiro atoms. The van der Waals surface area contributed by atoms with Gasteiger partial charge in [-0.05, 0) is 42.5 Å². The fraction of sp³-hybridized carbons (Fsp3) is 0.0455. The number of fused-ring (bicyclic) bond motifs is 1. The first-order valence-corrected chi connectivity index (χ1v) is 9.72. The van der Waals surface area contributed by atoms with E-state index in [9.17, 15) is 9.59 Å². The third-order valence-electron chi connectivity index (χ3n) is 4.16. The molecule has 0 atom stereocenters. The minimum atomic E-state index is -0.558. The molecular weight excluding hydrogens is 394 g/mol. The summed E-state index contributed by atoms with van der Waals surface area (Å²) in [7, 11) is 0. The molecule has 3 aromatic carbocycles. The molecule has 4 nitrogen and oxygen atoms in total. The molecule has 138 valence electrons. The maximum absolute atomic E-state index is 12.8. The van der Waals surface area contributed by atoms with Crippen LogP contribution >= 0.6 is 22.9 Å². The molecule has 0 bridgehead atoms. The molecule has 0 aliphatic heterocycles. The number of para-hydroxylation sites is 1.